The number of piperazine rings is 1. The van der Waals surface area contributed by atoms with Crippen LogP contribution in [0.15, 0.2) is 66.7 Å². The van der Waals surface area contributed by atoms with E-state index in [9.17, 15) is 0 Å². The molecule has 172 valence electrons. The molecule has 1 saturated heterocycles. The molecule has 4 heteroatoms. The van der Waals surface area contributed by atoms with E-state index in [0.717, 1.165) is 49.9 Å². The largest absolute Gasteiger partial charge is 0.489 e. The molecule has 1 aliphatic heterocycles. The summed E-state index contributed by atoms with van der Waals surface area (Å²) in [5.41, 5.74) is 6.88. The Kier molecular flexibility index (Phi) is 7.18. The Bertz CT molecular complexity index is 1040. The first kappa shape index (κ1) is 22.3. The molecule has 3 aromatic carbocycles. The van der Waals surface area contributed by atoms with Gasteiger partial charge in [-0.1, -0.05) is 41.9 Å². The van der Waals surface area contributed by atoms with Gasteiger partial charge in [0.25, 0.3) is 0 Å². The molecule has 0 N–H and O–H groups in total. The monoisotopic (exact) mass is 460 g/mol. The van der Waals surface area contributed by atoms with Gasteiger partial charge in [-0.05, 0) is 90.8 Å². The minimum absolute atomic E-state index is 0.631. The van der Waals surface area contributed by atoms with Crippen LogP contribution in [0.25, 0.3) is 0 Å². The first-order valence-corrected chi connectivity index (χ1v) is 12.7. The summed E-state index contributed by atoms with van der Waals surface area (Å²) in [6.07, 6.45) is 6.12. The Morgan fingerprint density at radius 3 is 2.18 bits per heavy atom. The Balaban J connectivity index is 1.06. The predicted molar refractivity (Wildman–Crippen MR) is 138 cm³/mol. The molecule has 2 aliphatic rings. The second-order valence-corrected chi connectivity index (χ2v) is 9.73. The molecule has 3 nitrogen and oxygen atoms in total. The molecule has 0 spiro atoms. The predicted octanol–water partition coefficient (Wildman–Crippen LogP) is 6.16. The van der Waals surface area contributed by atoms with Gasteiger partial charge in [0.1, 0.15) is 12.4 Å². The summed E-state index contributed by atoms with van der Waals surface area (Å²) in [4.78, 5) is 5.02. The molecule has 1 aliphatic carbocycles. The fourth-order valence-electron chi connectivity index (χ4n) is 4.94. The van der Waals surface area contributed by atoms with Crippen molar-refractivity contribution in [2.24, 2.45) is 0 Å². The summed E-state index contributed by atoms with van der Waals surface area (Å²) in [5.74, 6) is 0.998. The van der Waals surface area contributed by atoms with E-state index in [0.29, 0.717) is 6.61 Å². The number of nitrogens with zero attached hydrogens (tertiary/aromatic N) is 2. The summed E-state index contributed by atoms with van der Waals surface area (Å²) >= 11 is 6.02. The fourth-order valence-corrected chi connectivity index (χ4v) is 5.06. The number of aryl methyl sites for hydroxylation is 2. The lowest BCUT2D eigenvalue weighted by atomic mass is 9.92. The molecule has 0 aromatic heterocycles. The number of hydrogen-bond acceptors (Lipinski definition) is 3. The smallest absolute Gasteiger partial charge is 0.120 e. The summed E-state index contributed by atoms with van der Waals surface area (Å²) in [5, 5.41) is 0.800. The molecule has 0 radical (unpaired) electrons. The highest BCUT2D eigenvalue weighted by atomic mass is 35.5. The van der Waals surface area contributed by atoms with Crippen molar-refractivity contribution in [2.45, 2.75) is 38.7 Å². The lowest BCUT2D eigenvalue weighted by Crippen LogP contribution is -2.46. The fraction of sp³-hybridized carbons (Fsp3) is 0.379. The highest BCUT2D eigenvalue weighted by Gasteiger charge is 2.17. The number of halogens is 1. The molecule has 0 atom stereocenters. The van der Waals surface area contributed by atoms with Gasteiger partial charge in [-0.15, -0.1) is 0 Å². The topological polar surface area (TPSA) is 15.7 Å². The van der Waals surface area contributed by atoms with E-state index in [4.69, 9.17) is 16.3 Å². The third kappa shape index (κ3) is 5.90. The average Bonchev–Trinajstić information content (AvgIpc) is 2.87. The highest BCUT2D eigenvalue weighted by molar-refractivity contribution is 6.30. The van der Waals surface area contributed by atoms with Gasteiger partial charge >= 0.3 is 0 Å². The number of ether oxygens (including phenoxy) is 1. The molecule has 5 rings (SSSR count). The maximum Gasteiger partial charge on any atom is 0.120 e. The number of hydrogen-bond donors (Lipinski definition) is 0. The number of fused-ring (bicyclic) bond motifs is 1. The average molecular weight is 461 g/mol. The lowest BCUT2D eigenvalue weighted by molar-refractivity contribution is 0.261. The third-order valence-electron chi connectivity index (χ3n) is 7.03. The molecule has 0 unspecified atom stereocenters. The van der Waals surface area contributed by atoms with Crippen LogP contribution in [0.2, 0.25) is 5.02 Å². The van der Waals surface area contributed by atoms with Crippen LogP contribution in [-0.4, -0.2) is 37.6 Å². The number of anilines is 1. The van der Waals surface area contributed by atoms with Gasteiger partial charge in [0.15, 0.2) is 0 Å². The van der Waals surface area contributed by atoms with Crippen LogP contribution in [0.3, 0.4) is 0 Å². The van der Waals surface area contributed by atoms with Crippen molar-refractivity contribution >= 4 is 17.3 Å². The van der Waals surface area contributed by atoms with E-state index in [1.165, 1.54) is 53.6 Å². The minimum atomic E-state index is 0.631. The van der Waals surface area contributed by atoms with E-state index in [2.05, 4.69) is 64.4 Å². The Labute approximate surface area is 202 Å². The quantitative estimate of drug-likeness (QED) is 0.419. The SMILES string of the molecule is Clc1ccc(N2CCN(CCc3ccc(COc4ccc5c(c4)CCCC5)cc3)CC2)cc1. The maximum atomic E-state index is 6.09. The molecule has 1 heterocycles. The summed E-state index contributed by atoms with van der Waals surface area (Å²) in [6, 6.07) is 23.8. The van der Waals surface area contributed by atoms with Crippen LogP contribution in [0.1, 0.15) is 35.1 Å². The molecular formula is C29H33ClN2O. The van der Waals surface area contributed by atoms with Crippen molar-refractivity contribution in [1.29, 1.82) is 0 Å². The van der Waals surface area contributed by atoms with E-state index in [1.807, 2.05) is 12.1 Å². The van der Waals surface area contributed by atoms with Gasteiger partial charge in [0, 0.05) is 43.4 Å². The summed E-state index contributed by atoms with van der Waals surface area (Å²) in [7, 11) is 0. The van der Waals surface area contributed by atoms with Crippen molar-refractivity contribution in [3.63, 3.8) is 0 Å². The van der Waals surface area contributed by atoms with Gasteiger partial charge in [-0.25, -0.2) is 0 Å². The van der Waals surface area contributed by atoms with Crippen molar-refractivity contribution in [2.75, 3.05) is 37.6 Å². The second-order valence-electron chi connectivity index (χ2n) is 9.30. The molecule has 0 saturated carbocycles. The van der Waals surface area contributed by atoms with Gasteiger partial charge < -0.3 is 9.64 Å². The maximum absolute atomic E-state index is 6.09. The molecular weight excluding hydrogens is 428 g/mol. The zero-order valence-corrected chi connectivity index (χ0v) is 20.1. The summed E-state index contributed by atoms with van der Waals surface area (Å²) in [6.45, 7) is 6.09. The zero-order valence-electron chi connectivity index (χ0n) is 19.3. The van der Waals surface area contributed by atoms with E-state index >= 15 is 0 Å². The summed E-state index contributed by atoms with van der Waals surface area (Å²) < 4.78 is 6.09. The van der Waals surface area contributed by atoms with Crippen molar-refractivity contribution < 1.29 is 4.74 Å². The molecule has 0 bridgehead atoms. The lowest BCUT2D eigenvalue weighted by Gasteiger charge is -2.36. The highest BCUT2D eigenvalue weighted by Crippen LogP contribution is 2.26. The van der Waals surface area contributed by atoms with Crippen LogP contribution >= 0.6 is 11.6 Å². The normalized spacial score (nSPS) is 16.5. The van der Waals surface area contributed by atoms with Crippen LogP contribution in [0.4, 0.5) is 5.69 Å². The zero-order chi connectivity index (χ0) is 22.5. The third-order valence-corrected chi connectivity index (χ3v) is 7.28. The first-order chi connectivity index (χ1) is 16.2. The minimum Gasteiger partial charge on any atom is -0.489 e. The van der Waals surface area contributed by atoms with E-state index < -0.39 is 0 Å². The number of benzene rings is 3. The molecule has 0 amide bonds. The van der Waals surface area contributed by atoms with Crippen LogP contribution in [-0.2, 0) is 25.9 Å². The van der Waals surface area contributed by atoms with Crippen LogP contribution in [0, 0.1) is 0 Å². The second kappa shape index (κ2) is 10.6. The van der Waals surface area contributed by atoms with Crippen LogP contribution < -0.4 is 9.64 Å². The molecule has 1 fully saturated rings. The van der Waals surface area contributed by atoms with E-state index in [-0.39, 0.29) is 0 Å². The van der Waals surface area contributed by atoms with Gasteiger partial charge in [0.2, 0.25) is 0 Å². The Hall–Kier alpha value is -2.49. The van der Waals surface area contributed by atoms with Crippen molar-refractivity contribution in [3.8, 4) is 5.75 Å². The standard InChI is InChI=1S/C29H33ClN2O/c30-27-10-12-28(13-11-27)32-19-17-31(18-20-32)16-15-23-5-7-24(8-6-23)22-33-29-14-9-25-3-1-2-4-26(25)21-29/h5-14,21H,1-4,15-20,22H2. The molecule has 33 heavy (non-hydrogen) atoms. The van der Waals surface area contributed by atoms with Gasteiger partial charge in [0.05, 0.1) is 0 Å². The first-order valence-electron chi connectivity index (χ1n) is 12.3. The van der Waals surface area contributed by atoms with Crippen molar-refractivity contribution in [1.82, 2.24) is 4.90 Å². The Morgan fingerprint density at radius 1 is 0.727 bits per heavy atom. The van der Waals surface area contributed by atoms with Crippen molar-refractivity contribution in [3.05, 3.63) is 94.0 Å². The van der Waals surface area contributed by atoms with E-state index in [1.54, 1.807) is 0 Å². The van der Waals surface area contributed by atoms with Gasteiger partial charge in [-0.2, -0.15) is 0 Å². The number of rotatable bonds is 7. The van der Waals surface area contributed by atoms with Gasteiger partial charge in [-0.3, -0.25) is 4.90 Å². The van der Waals surface area contributed by atoms with Crippen LogP contribution in [0.5, 0.6) is 5.75 Å². The molecule has 3 aromatic rings. The Morgan fingerprint density at radius 2 is 1.42 bits per heavy atom.